The number of guanidine groups is 1. The van der Waals surface area contributed by atoms with E-state index in [0.29, 0.717) is 5.41 Å². The van der Waals surface area contributed by atoms with Crippen molar-refractivity contribution in [2.45, 2.75) is 52.5 Å². The average molecular weight is 408 g/mol. The first kappa shape index (κ1) is 19.0. The van der Waals surface area contributed by atoms with Crippen LogP contribution >= 0.6 is 24.0 Å². The molecule has 2 aliphatic rings. The summed E-state index contributed by atoms with van der Waals surface area (Å²) in [6.07, 6.45) is 3.97. The van der Waals surface area contributed by atoms with Gasteiger partial charge in [0.05, 0.1) is 0 Å². The lowest BCUT2D eigenvalue weighted by Crippen LogP contribution is -2.72. The SMILES string of the molecule is CN=C(NCCCN1CCCC1)N1CC(C)(C)C1(C)C.I. The predicted octanol–water partition coefficient (Wildman–Crippen LogP) is 2.79. The second-order valence-corrected chi connectivity index (χ2v) is 7.41. The quantitative estimate of drug-likeness (QED) is 0.336. The Bertz CT molecular complexity index is 359. The van der Waals surface area contributed by atoms with E-state index in [1.807, 2.05) is 7.05 Å². The van der Waals surface area contributed by atoms with E-state index in [0.717, 1.165) is 19.0 Å². The van der Waals surface area contributed by atoms with E-state index in [-0.39, 0.29) is 29.5 Å². The Labute approximate surface area is 147 Å². The Morgan fingerprint density at radius 2 is 1.76 bits per heavy atom. The van der Waals surface area contributed by atoms with Crippen LogP contribution < -0.4 is 5.32 Å². The predicted molar refractivity (Wildman–Crippen MR) is 102 cm³/mol. The Balaban J connectivity index is 0.00000220. The molecule has 0 aromatic carbocycles. The standard InChI is InChI=1S/C16H32N4.HI/c1-15(2)13-20(16(15,3)4)14(17-5)18-9-8-12-19-10-6-7-11-19;/h6-13H2,1-5H3,(H,17,18);1H. The average Bonchev–Trinajstić information content (AvgIpc) is 2.90. The summed E-state index contributed by atoms with van der Waals surface area (Å²) in [4.78, 5) is 9.43. The number of hydrogen-bond donors (Lipinski definition) is 1. The van der Waals surface area contributed by atoms with Crippen molar-refractivity contribution in [2.24, 2.45) is 10.4 Å². The first-order valence-electron chi connectivity index (χ1n) is 8.09. The van der Waals surface area contributed by atoms with Crippen LogP contribution in [0.2, 0.25) is 0 Å². The summed E-state index contributed by atoms with van der Waals surface area (Å²) in [5.41, 5.74) is 0.546. The molecular formula is C16H33IN4. The smallest absolute Gasteiger partial charge is 0.194 e. The number of nitrogens with zero attached hydrogens (tertiary/aromatic N) is 3. The molecule has 0 spiro atoms. The van der Waals surface area contributed by atoms with Gasteiger partial charge in [0, 0.05) is 31.1 Å². The highest BCUT2D eigenvalue weighted by molar-refractivity contribution is 14.0. The van der Waals surface area contributed by atoms with Crippen LogP contribution in [-0.4, -0.2) is 61.1 Å². The molecule has 0 aliphatic carbocycles. The zero-order chi connectivity index (χ0) is 14.8. The molecule has 0 atom stereocenters. The fourth-order valence-corrected chi connectivity index (χ4v) is 3.20. The van der Waals surface area contributed by atoms with Gasteiger partial charge in [0.2, 0.25) is 0 Å². The van der Waals surface area contributed by atoms with Crippen LogP contribution in [0.5, 0.6) is 0 Å². The number of likely N-dealkylation sites (tertiary alicyclic amines) is 2. The highest BCUT2D eigenvalue weighted by Gasteiger charge is 2.53. The van der Waals surface area contributed by atoms with Gasteiger partial charge in [-0.05, 0) is 52.7 Å². The third kappa shape index (κ3) is 4.03. The molecule has 0 bridgehead atoms. The Kier molecular flexibility index (Phi) is 6.78. The van der Waals surface area contributed by atoms with Crippen molar-refractivity contribution in [1.29, 1.82) is 0 Å². The van der Waals surface area contributed by atoms with Gasteiger partial charge in [0.15, 0.2) is 5.96 Å². The van der Waals surface area contributed by atoms with E-state index in [1.54, 1.807) is 0 Å². The van der Waals surface area contributed by atoms with E-state index in [9.17, 15) is 0 Å². The van der Waals surface area contributed by atoms with Gasteiger partial charge in [0.1, 0.15) is 0 Å². The summed E-state index contributed by atoms with van der Waals surface area (Å²) in [6, 6.07) is 0. The van der Waals surface area contributed by atoms with Gasteiger partial charge in [-0.15, -0.1) is 24.0 Å². The van der Waals surface area contributed by atoms with Crippen molar-refractivity contribution < 1.29 is 0 Å². The largest absolute Gasteiger partial charge is 0.356 e. The molecule has 124 valence electrons. The van der Waals surface area contributed by atoms with Crippen LogP contribution in [0, 0.1) is 5.41 Å². The number of rotatable bonds is 4. The fraction of sp³-hybridized carbons (Fsp3) is 0.938. The molecule has 0 saturated carbocycles. The van der Waals surface area contributed by atoms with Crippen LogP contribution in [0.3, 0.4) is 0 Å². The minimum Gasteiger partial charge on any atom is -0.356 e. The molecule has 5 heteroatoms. The zero-order valence-electron chi connectivity index (χ0n) is 14.4. The minimum atomic E-state index is 0. The summed E-state index contributed by atoms with van der Waals surface area (Å²) >= 11 is 0. The van der Waals surface area contributed by atoms with E-state index in [1.165, 1.54) is 38.9 Å². The normalized spacial score (nSPS) is 24.4. The number of hydrogen-bond acceptors (Lipinski definition) is 2. The lowest BCUT2D eigenvalue weighted by molar-refractivity contribution is -0.0667. The number of halogens is 1. The summed E-state index contributed by atoms with van der Waals surface area (Å²) in [5.74, 6) is 1.07. The highest BCUT2D eigenvalue weighted by atomic mass is 127. The second kappa shape index (κ2) is 7.49. The van der Waals surface area contributed by atoms with Crippen molar-refractivity contribution in [3.63, 3.8) is 0 Å². The molecule has 2 rings (SSSR count). The summed E-state index contributed by atoms with van der Waals surface area (Å²) < 4.78 is 0. The van der Waals surface area contributed by atoms with E-state index >= 15 is 0 Å². The molecule has 0 aromatic heterocycles. The molecule has 2 saturated heterocycles. The molecule has 1 N–H and O–H groups in total. The molecule has 2 fully saturated rings. The lowest BCUT2D eigenvalue weighted by Gasteiger charge is -2.62. The number of aliphatic imine (C=N–C) groups is 1. The molecule has 0 aromatic rings. The van der Waals surface area contributed by atoms with Crippen molar-refractivity contribution in [3.8, 4) is 0 Å². The summed E-state index contributed by atoms with van der Waals surface area (Å²) in [6.45, 7) is 15.2. The Hall–Kier alpha value is -0.0400. The van der Waals surface area contributed by atoms with Gasteiger partial charge < -0.3 is 15.1 Å². The Morgan fingerprint density at radius 1 is 1.14 bits per heavy atom. The Morgan fingerprint density at radius 3 is 2.24 bits per heavy atom. The van der Waals surface area contributed by atoms with Crippen LogP contribution in [0.4, 0.5) is 0 Å². The van der Waals surface area contributed by atoms with Gasteiger partial charge in [-0.1, -0.05) is 13.8 Å². The third-order valence-electron chi connectivity index (χ3n) is 5.48. The summed E-state index contributed by atoms with van der Waals surface area (Å²) in [5, 5.41) is 3.54. The first-order valence-corrected chi connectivity index (χ1v) is 8.09. The monoisotopic (exact) mass is 408 g/mol. The van der Waals surface area contributed by atoms with Crippen LogP contribution in [0.25, 0.3) is 0 Å². The maximum absolute atomic E-state index is 4.46. The van der Waals surface area contributed by atoms with Crippen LogP contribution in [0.15, 0.2) is 4.99 Å². The maximum atomic E-state index is 4.46. The zero-order valence-corrected chi connectivity index (χ0v) is 16.7. The van der Waals surface area contributed by atoms with E-state index in [2.05, 4.69) is 47.8 Å². The summed E-state index contributed by atoms with van der Waals surface area (Å²) in [7, 11) is 1.89. The molecular weight excluding hydrogens is 375 g/mol. The van der Waals surface area contributed by atoms with E-state index in [4.69, 9.17) is 0 Å². The molecule has 4 nitrogen and oxygen atoms in total. The van der Waals surface area contributed by atoms with Gasteiger partial charge in [-0.2, -0.15) is 0 Å². The fourth-order valence-electron chi connectivity index (χ4n) is 3.20. The van der Waals surface area contributed by atoms with Gasteiger partial charge in [0.25, 0.3) is 0 Å². The van der Waals surface area contributed by atoms with E-state index < -0.39 is 0 Å². The molecule has 0 amide bonds. The maximum Gasteiger partial charge on any atom is 0.194 e. The number of nitrogens with one attached hydrogen (secondary N) is 1. The third-order valence-corrected chi connectivity index (χ3v) is 5.48. The van der Waals surface area contributed by atoms with Crippen molar-refractivity contribution >= 4 is 29.9 Å². The highest BCUT2D eigenvalue weighted by Crippen LogP contribution is 2.46. The molecule has 0 unspecified atom stereocenters. The van der Waals surface area contributed by atoms with Crippen molar-refractivity contribution in [1.82, 2.24) is 15.1 Å². The topological polar surface area (TPSA) is 30.9 Å². The molecule has 2 heterocycles. The van der Waals surface area contributed by atoms with Crippen LogP contribution in [-0.2, 0) is 0 Å². The van der Waals surface area contributed by atoms with Gasteiger partial charge in [-0.3, -0.25) is 4.99 Å². The molecule has 21 heavy (non-hydrogen) atoms. The molecule has 0 radical (unpaired) electrons. The van der Waals surface area contributed by atoms with Gasteiger partial charge >= 0.3 is 0 Å². The van der Waals surface area contributed by atoms with Crippen LogP contribution in [0.1, 0.15) is 47.0 Å². The first-order chi connectivity index (χ1) is 9.38. The molecule has 2 aliphatic heterocycles. The second-order valence-electron chi connectivity index (χ2n) is 7.41. The minimum absolute atomic E-state index is 0. The van der Waals surface area contributed by atoms with Crippen molar-refractivity contribution in [3.05, 3.63) is 0 Å². The van der Waals surface area contributed by atoms with Crippen molar-refractivity contribution in [2.75, 3.05) is 39.8 Å². The lowest BCUT2D eigenvalue weighted by atomic mass is 9.65. The van der Waals surface area contributed by atoms with Gasteiger partial charge in [-0.25, -0.2) is 0 Å².